The Morgan fingerprint density at radius 1 is 0.952 bits per heavy atom. The first-order valence-corrected chi connectivity index (χ1v) is 7.51. The van der Waals surface area contributed by atoms with E-state index in [1.54, 1.807) is 18.4 Å². The fourth-order valence-electron chi connectivity index (χ4n) is 1.98. The van der Waals surface area contributed by atoms with E-state index in [4.69, 9.17) is 4.74 Å². The van der Waals surface area contributed by atoms with Crippen molar-refractivity contribution in [1.82, 2.24) is 4.98 Å². The number of thiazole rings is 1. The second kappa shape index (κ2) is 6.37. The highest BCUT2D eigenvalue weighted by Gasteiger charge is 1.98. The summed E-state index contributed by atoms with van der Waals surface area (Å²) in [7, 11) is 1.67. The molecule has 0 fully saturated rings. The third kappa shape index (κ3) is 3.38. The number of para-hydroxylation sites is 1. The molecular weight excluding hydrogens is 278 g/mol. The molecule has 2 aromatic carbocycles. The molecule has 104 valence electrons. The van der Waals surface area contributed by atoms with Crippen LogP contribution in [-0.2, 0) is 0 Å². The van der Waals surface area contributed by atoms with Crippen LogP contribution in [0.1, 0.15) is 10.6 Å². The zero-order valence-corrected chi connectivity index (χ0v) is 12.5. The van der Waals surface area contributed by atoms with Crippen LogP contribution < -0.4 is 4.74 Å². The van der Waals surface area contributed by atoms with Gasteiger partial charge in [-0.2, -0.15) is 0 Å². The van der Waals surface area contributed by atoms with Crippen LogP contribution in [0.5, 0.6) is 5.75 Å². The largest absolute Gasteiger partial charge is 0.497 e. The number of ether oxygens (including phenoxy) is 1. The van der Waals surface area contributed by atoms with Crippen LogP contribution in [0.15, 0.2) is 60.7 Å². The number of benzene rings is 2. The Labute approximate surface area is 128 Å². The van der Waals surface area contributed by atoms with Gasteiger partial charge in [-0.3, -0.25) is 0 Å². The summed E-state index contributed by atoms with van der Waals surface area (Å²) in [6.07, 6.45) is 8.13. The van der Waals surface area contributed by atoms with Crippen LogP contribution in [0, 0.1) is 0 Å². The summed E-state index contributed by atoms with van der Waals surface area (Å²) in [5, 5.41) is 1.02. The molecule has 0 amide bonds. The third-order valence-electron chi connectivity index (χ3n) is 3.06. The number of allylic oxidation sites excluding steroid dienone is 2. The zero-order valence-electron chi connectivity index (χ0n) is 11.7. The molecule has 1 aromatic heterocycles. The second-order valence-electron chi connectivity index (χ2n) is 4.51. The van der Waals surface area contributed by atoms with Gasteiger partial charge in [0.25, 0.3) is 0 Å². The fourth-order valence-corrected chi connectivity index (χ4v) is 2.86. The number of rotatable bonds is 4. The minimum Gasteiger partial charge on any atom is -0.497 e. The average Bonchev–Trinajstić information content (AvgIpc) is 2.95. The lowest BCUT2D eigenvalue weighted by Gasteiger charge is -1.98. The van der Waals surface area contributed by atoms with Crippen LogP contribution in [0.2, 0.25) is 0 Å². The van der Waals surface area contributed by atoms with Crippen LogP contribution in [-0.4, -0.2) is 12.1 Å². The molecule has 1 heterocycles. The minimum absolute atomic E-state index is 0.872. The number of hydrogen-bond acceptors (Lipinski definition) is 3. The molecule has 0 spiro atoms. The summed E-state index contributed by atoms with van der Waals surface area (Å²) in [5.41, 5.74) is 2.20. The van der Waals surface area contributed by atoms with Crippen molar-refractivity contribution in [2.75, 3.05) is 7.11 Å². The maximum Gasteiger partial charge on any atom is 0.118 e. The molecule has 21 heavy (non-hydrogen) atoms. The van der Waals surface area contributed by atoms with Gasteiger partial charge in [0.05, 0.1) is 17.3 Å². The first kappa shape index (κ1) is 13.6. The molecule has 0 saturated carbocycles. The standard InChI is InChI=1S/C18H15NOS/c1-20-15-12-10-14(11-13-15)6-2-5-9-18-19-16-7-3-4-8-17(16)21-18/h2-13H,1H3/b6-2+,9-5+. The molecule has 0 bridgehead atoms. The van der Waals surface area contributed by atoms with Crippen LogP contribution >= 0.6 is 11.3 Å². The highest BCUT2D eigenvalue weighted by Crippen LogP contribution is 2.22. The van der Waals surface area contributed by atoms with Crippen molar-refractivity contribution in [3.63, 3.8) is 0 Å². The maximum absolute atomic E-state index is 5.14. The summed E-state index contributed by atoms with van der Waals surface area (Å²) >= 11 is 1.70. The summed E-state index contributed by atoms with van der Waals surface area (Å²) in [4.78, 5) is 4.56. The molecule has 2 nitrogen and oxygen atoms in total. The van der Waals surface area contributed by atoms with Crippen molar-refractivity contribution in [3.8, 4) is 5.75 Å². The van der Waals surface area contributed by atoms with Gasteiger partial charge in [0.2, 0.25) is 0 Å². The smallest absolute Gasteiger partial charge is 0.118 e. The van der Waals surface area contributed by atoms with Crippen molar-refractivity contribution in [2.45, 2.75) is 0 Å². The van der Waals surface area contributed by atoms with Gasteiger partial charge in [0.15, 0.2) is 0 Å². The van der Waals surface area contributed by atoms with Gasteiger partial charge in [-0.1, -0.05) is 42.5 Å². The van der Waals surface area contributed by atoms with Gasteiger partial charge in [-0.15, -0.1) is 11.3 Å². The number of methoxy groups -OCH3 is 1. The van der Waals surface area contributed by atoms with Gasteiger partial charge >= 0.3 is 0 Å². The topological polar surface area (TPSA) is 22.1 Å². The quantitative estimate of drug-likeness (QED) is 0.629. The van der Waals surface area contributed by atoms with Crippen LogP contribution in [0.4, 0.5) is 0 Å². The summed E-state index contributed by atoms with van der Waals surface area (Å²) in [6, 6.07) is 16.2. The summed E-state index contributed by atoms with van der Waals surface area (Å²) < 4.78 is 6.36. The SMILES string of the molecule is COc1ccc(/C=C/C=C/c2nc3ccccc3s2)cc1. The first-order valence-electron chi connectivity index (χ1n) is 6.69. The molecule has 3 heteroatoms. The molecular formula is C18H15NOS. The van der Waals surface area contributed by atoms with E-state index < -0.39 is 0 Å². The molecule has 0 unspecified atom stereocenters. The zero-order chi connectivity index (χ0) is 14.5. The van der Waals surface area contributed by atoms with Crippen molar-refractivity contribution in [2.24, 2.45) is 0 Å². The van der Waals surface area contributed by atoms with E-state index in [2.05, 4.69) is 17.1 Å². The second-order valence-corrected chi connectivity index (χ2v) is 5.57. The Balaban J connectivity index is 1.69. The molecule has 0 aliphatic rings. The van der Waals surface area contributed by atoms with E-state index in [1.165, 1.54) is 4.70 Å². The predicted molar refractivity (Wildman–Crippen MR) is 90.7 cm³/mol. The summed E-state index contributed by atoms with van der Waals surface area (Å²) in [5.74, 6) is 0.872. The molecule has 0 atom stereocenters. The highest BCUT2D eigenvalue weighted by molar-refractivity contribution is 7.19. The monoisotopic (exact) mass is 293 g/mol. The molecule has 3 rings (SSSR count). The Kier molecular flexibility index (Phi) is 4.12. The van der Waals surface area contributed by atoms with Gasteiger partial charge < -0.3 is 4.74 Å². The predicted octanol–water partition coefficient (Wildman–Crippen LogP) is 5.03. The van der Waals surface area contributed by atoms with Crippen molar-refractivity contribution < 1.29 is 4.74 Å². The molecule has 0 aliphatic heterocycles. The lowest BCUT2D eigenvalue weighted by atomic mass is 10.2. The van der Waals surface area contributed by atoms with Gasteiger partial charge in [0.1, 0.15) is 10.8 Å². The van der Waals surface area contributed by atoms with Crippen LogP contribution in [0.25, 0.3) is 22.4 Å². The Bertz CT molecular complexity index is 751. The van der Waals surface area contributed by atoms with E-state index >= 15 is 0 Å². The Hall–Kier alpha value is -2.39. The molecule has 0 N–H and O–H groups in total. The minimum atomic E-state index is 0.872. The molecule has 0 saturated heterocycles. The Morgan fingerprint density at radius 3 is 2.48 bits per heavy atom. The van der Waals surface area contributed by atoms with E-state index in [9.17, 15) is 0 Å². The number of aromatic nitrogens is 1. The van der Waals surface area contributed by atoms with Crippen molar-refractivity contribution >= 4 is 33.7 Å². The Morgan fingerprint density at radius 2 is 1.71 bits per heavy atom. The van der Waals surface area contributed by atoms with Crippen molar-refractivity contribution in [3.05, 3.63) is 71.3 Å². The first-order chi connectivity index (χ1) is 10.3. The van der Waals surface area contributed by atoms with E-state index in [1.807, 2.05) is 60.7 Å². The fraction of sp³-hybridized carbons (Fsp3) is 0.0556. The van der Waals surface area contributed by atoms with Gasteiger partial charge in [0, 0.05) is 0 Å². The number of hydrogen-bond donors (Lipinski definition) is 0. The molecule has 0 radical (unpaired) electrons. The number of fused-ring (bicyclic) bond motifs is 1. The van der Waals surface area contributed by atoms with Crippen LogP contribution in [0.3, 0.4) is 0 Å². The lowest BCUT2D eigenvalue weighted by molar-refractivity contribution is 0.415. The normalized spacial score (nSPS) is 11.7. The maximum atomic E-state index is 5.14. The molecule has 3 aromatic rings. The number of nitrogens with zero attached hydrogens (tertiary/aromatic N) is 1. The average molecular weight is 293 g/mol. The van der Waals surface area contributed by atoms with Gasteiger partial charge in [-0.25, -0.2) is 4.98 Å². The van der Waals surface area contributed by atoms with Crippen molar-refractivity contribution in [1.29, 1.82) is 0 Å². The van der Waals surface area contributed by atoms with E-state index in [0.29, 0.717) is 0 Å². The summed E-state index contributed by atoms with van der Waals surface area (Å²) in [6.45, 7) is 0. The molecule has 0 aliphatic carbocycles. The van der Waals surface area contributed by atoms with E-state index in [-0.39, 0.29) is 0 Å². The lowest BCUT2D eigenvalue weighted by Crippen LogP contribution is -1.81. The highest BCUT2D eigenvalue weighted by atomic mass is 32.1. The third-order valence-corrected chi connectivity index (χ3v) is 4.07. The van der Waals surface area contributed by atoms with Gasteiger partial charge in [-0.05, 0) is 35.9 Å². The van der Waals surface area contributed by atoms with E-state index in [0.717, 1.165) is 21.8 Å².